The fourth-order valence-electron chi connectivity index (χ4n) is 4.03. The van der Waals surface area contributed by atoms with E-state index in [-0.39, 0.29) is 12.4 Å². The molecule has 1 aromatic heterocycles. The van der Waals surface area contributed by atoms with Crippen molar-refractivity contribution in [3.8, 4) is 16.9 Å². The largest absolute Gasteiger partial charge is 0.496 e. The lowest BCUT2D eigenvalue weighted by Gasteiger charge is -2.34. The highest BCUT2D eigenvalue weighted by atomic mass is 35.5. The lowest BCUT2D eigenvalue weighted by atomic mass is 9.75. The summed E-state index contributed by atoms with van der Waals surface area (Å²) in [7, 11) is 1.71. The summed E-state index contributed by atoms with van der Waals surface area (Å²) in [6.07, 6.45) is 6.92. The maximum atomic E-state index is 5.58. The molecule has 0 aliphatic heterocycles. The van der Waals surface area contributed by atoms with Crippen molar-refractivity contribution in [3.63, 3.8) is 0 Å². The first kappa shape index (κ1) is 20.7. The quantitative estimate of drug-likeness (QED) is 0.576. The third-order valence-corrected chi connectivity index (χ3v) is 5.94. The van der Waals surface area contributed by atoms with Crippen LogP contribution in [0, 0.1) is 5.41 Å². The van der Waals surface area contributed by atoms with Crippen LogP contribution in [-0.4, -0.2) is 23.1 Å². The monoisotopic (exact) mass is 399 g/mol. The van der Waals surface area contributed by atoms with Crippen molar-refractivity contribution in [1.29, 1.82) is 0 Å². The highest BCUT2D eigenvalue weighted by molar-refractivity contribution is 5.86. The van der Waals surface area contributed by atoms with Crippen LogP contribution in [0.5, 0.6) is 5.75 Å². The van der Waals surface area contributed by atoms with Crippen LogP contribution in [0.1, 0.15) is 45.1 Å². The van der Waals surface area contributed by atoms with Gasteiger partial charge >= 0.3 is 0 Å². The summed E-state index contributed by atoms with van der Waals surface area (Å²) < 4.78 is 5.58. The normalized spacial score (nSPS) is 16.7. The maximum Gasteiger partial charge on any atom is 0.128 e. The van der Waals surface area contributed by atoms with E-state index < -0.39 is 0 Å². The van der Waals surface area contributed by atoms with E-state index in [1.165, 1.54) is 31.2 Å². The van der Waals surface area contributed by atoms with Crippen LogP contribution in [0.15, 0.2) is 42.7 Å². The van der Waals surface area contributed by atoms with E-state index in [1.54, 1.807) is 13.4 Å². The standard InChI is InChI=1S/C23H29N3O.ClH/c1-23(2)10-8-18(9-11-23)24-14-16-4-6-17(7-5-16)19-12-20-21(26-15-25-20)13-22(19)27-3;/h4-7,12-13,15,18,24H,8-11,14H2,1-3H3,(H,25,26);1H. The molecule has 28 heavy (non-hydrogen) atoms. The molecule has 0 unspecified atom stereocenters. The first-order chi connectivity index (χ1) is 13.0. The lowest BCUT2D eigenvalue weighted by Crippen LogP contribution is -2.35. The minimum atomic E-state index is 0. The van der Waals surface area contributed by atoms with Crippen LogP contribution >= 0.6 is 12.4 Å². The number of halogens is 1. The number of hydrogen-bond donors (Lipinski definition) is 2. The zero-order valence-electron chi connectivity index (χ0n) is 16.9. The van der Waals surface area contributed by atoms with Crippen LogP contribution in [0.25, 0.3) is 22.2 Å². The number of aromatic amines is 1. The van der Waals surface area contributed by atoms with E-state index in [2.05, 4.69) is 59.5 Å². The Bertz CT molecular complexity index is 907. The van der Waals surface area contributed by atoms with Gasteiger partial charge in [0.25, 0.3) is 0 Å². The van der Waals surface area contributed by atoms with Crippen molar-refractivity contribution in [1.82, 2.24) is 15.3 Å². The van der Waals surface area contributed by atoms with Gasteiger partial charge in [-0.15, -0.1) is 12.4 Å². The average molecular weight is 400 g/mol. The molecule has 4 rings (SSSR count). The summed E-state index contributed by atoms with van der Waals surface area (Å²) in [6, 6.07) is 13.5. The Balaban J connectivity index is 0.00000225. The molecule has 1 saturated carbocycles. The van der Waals surface area contributed by atoms with E-state index in [0.717, 1.165) is 34.5 Å². The van der Waals surface area contributed by atoms with Crippen LogP contribution in [0.4, 0.5) is 0 Å². The number of H-pyrrole nitrogens is 1. The van der Waals surface area contributed by atoms with Gasteiger partial charge in [-0.1, -0.05) is 38.1 Å². The van der Waals surface area contributed by atoms with Gasteiger partial charge in [0.2, 0.25) is 0 Å². The predicted octanol–water partition coefficient (Wildman–Crippen LogP) is 5.72. The second kappa shape index (κ2) is 8.54. The van der Waals surface area contributed by atoms with E-state index in [1.807, 2.05) is 6.07 Å². The van der Waals surface area contributed by atoms with Crippen molar-refractivity contribution in [3.05, 3.63) is 48.3 Å². The highest BCUT2D eigenvalue weighted by Crippen LogP contribution is 2.35. The molecule has 0 saturated heterocycles. The molecule has 1 aliphatic carbocycles. The Morgan fingerprint density at radius 3 is 2.54 bits per heavy atom. The van der Waals surface area contributed by atoms with Gasteiger partial charge in [0.15, 0.2) is 0 Å². The number of ether oxygens (including phenoxy) is 1. The minimum absolute atomic E-state index is 0. The van der Waals surface area contributed by atoms with Gasteiger partial charge < -0.3 is 15.0 Å². The van der Waals surface area contributed by atoms with Gasteiger partial charge in [-0.25, -0.2) is 4.98 Å². The summed E-state index contributed by atoms with van der Waals surface area (Å²) in [6.45, 7) is 5.70. The topological polar surface area (TPSA) is 49.9 Å². The van der Waals surface area contributed by atoms with Crippen molar-refractivity contribution in [2.75, 3.05) is 7.11 Å². The molecular weight excluding hydrogens is 370 g/mol. The molecule has 0 atom stereocenters. The van der Waals surface area contributed by atoms with Crippen molar-refractivity contribution in [2.24, 2.45) is 5.41 Å². The first-order valence-corrected chi connectivity index (χ1v) is 9.88. The Morgan fingerprint density at radius 2 is 1.86 bits per heavy atom. The number of nitrogens with zero attached hydrogens (tertiary/aromatic N) is 1. The Labute approximate surface area is 173 Å². The third-order valence-electron chi connectivity index (χ3n) is 5.94. The summed E-state index contributed by atoms with van der Waals surface area (Å²) in [5.74, 6) is 0.852. The smallest absolute Gasteiger partial charge is 0.128 e. The van der Waals surface area contributed by atoms with Crippen molar-refractivity contribution in [2.45, 2.75) is 52.1 Å². The van der Waals surface area contributed by atoms with E-state index in [9.17, 15) is 0 Å². The van der Waals surface area contributed by atoms with Crippen molar-refractivity contribution < 1.29 is 4.74 Å². The molecule has 0 bridgehead atoms. The van der Waals surface area contributed by atoms with Crippen LogP contribution in [-0.2, 0) is 6.54 Å². The minimum Gasteiger partial charge on any atom is -0.496 e. The van der Waals surface area contributed by atoms with Gasteiger partial charge in [0, 0.05) is 24.2 Å². The van der Waals surface area contributed by atoms with Gasteiger partial charge in [-0.2, -0.15) is 0 Å². The van der Waals surface area contributed by atoms with Crippen LogP contribution < -0.4 is 10.1 Å². The molecular formula is C23H30ClN3O. The molecule has 1 heterocycles. The van der Waals surface area contributed by atoms with E-state index >= 15 is 0 Å². The summed E-state index contributed by atoms with van der Waals surface area (Å²) in [5, 5.41) is 3.74. The predicted molar refractivity (Wildman–Crippen MR) is 118 cm³/mol. The molecule has 2 N–H and O–H groups in total. The zero-order chi connectivity index (χ0) is 18.9. The second-order valence-electron chi connectivity index (χ2n) is 8.49. The molecule has 150 valence electrons. The van der Waals surface area contributed by atoms with Crippen molar-refractivity contribution >= 4 is 23.4 Å². The molecule has 0 radical (unpaired) electrons. The third kappa shape index (κ3) is 4.50. The number of methoxy groups -OCH3 is 1. The number of hydrogen-bond acceptors (Lipinski definition) is 3. The Hall–Kier alpha value is -2.04. The average Bonchev–Trinajstić information content (AvgIpc) is 3.14. The number of imidazole rings is 1. The molecule has 0 spiro atoms. The first-order valence-electron chi connectivity index (χ1n) is 9.88. The van der Waals surface area contributed by atoms with Crippen LogP contribution in [0.2, 0.25) is 0 Å². The number of benzene rings is 2. The fraction of sp³-hybridized carbons (Fsp3) is 0.435. The molecule has 1 fully saturated rings. The van der Waals surface area contributed by atoms with Crippen LogP contribution in [0.3, 0.4) is 0 Å². The van der Waals surface area contributed by atoms with E-state index in [4.69, 9.17) is 4.74 Å². The van der Waals surface area contributed by atoms with Gasteiger partial charge in [0.05, 0.1) is 24.5 Å². The van der Waals surface area contributed by atoms with E-state index in [0.29, 0.717) is 11.5 Å². The molecule has 0 amide bonds. The number of nitrogens with one attached hydrogen (secondary N) is 2. The number of rotatable bonds is 5. The maximum absolute atomic E-state index is 5.58. The Morgan fingerprint density at radius 1 is 1.14 bits per heavy atom. The van der Waals surface area contributed by atoms with Gasteiger partial charge in [-0.3, -0.25) is 0 Å². The Kier molecular flexibility index (Phi) is 6.31. The molecule has 4 nitrogen and oxygen atoms in total. The van der Waals surface area contributed by atoms with Gasteiger partial charge in [0.1, 0.15) is 5.75 Å². The summed E-state index contributed by atoms with van der Waals surface area (Å²) in [5.41, 5.74) is 6.04. The molecule has 3 aromatic rings. The lowest BCUT2D eigenvalue weighted by molar-refractivity contribution is 0.206. The highest BCUT2D eigenvalue weighted by Gasteiger charge is 2.26. The SMILES string of the molecule is COc1cc2nc[nH]c2cc1-c1ccc(CNC2CCC(C)(C)CC2)cc1.Cl. The number of fused-ring (bicyclic) bond motifs is 1. The summed E-state index contributed by atoms with van der Waals surface area (Å²) in [4.78, 5) is 7.49. The second-order valence-corrected chi connectivity index (χ2v) is 8.49. The molecule has 5 heteroatoms. The number of aromatic nitrogens is 2. The summed E-state index contributed by atoms with van der Waals surface area (Å²) >= 11 is 0. The molecule has 2 aromatic carbocycles. The zero-order valence-corrected chi connectivity index (χ0v) is 17.7. The molecule has 1 aliphatic rings. The van der Waals surface area contributed by atoms with Gasteiger partial charge in [-0.05, 0) is 48.3 Å². The fourth-order valence-corrected chi connectivity index (χ4v) is 4.03.